The van der Waals surface area contributed by atoms with Crippen molar-refractivity contribution in [2.24, 2.45) is 14.1 Å². The molecule has 0 saturated carbocycles. The third-order valence-electron chi connectivity index (χ3n) is 10.2. The van der Waals surface area contributed by atoms with Crippen LogP contribution >= 0.6 is 0 Å². The molecular formula is C36H47FN14O6. The SMILES string of the molecule is CN1C(C)(C)CC(Nc2nc(Nc3cc(OC4COC4)cc(-n4nnn(C)c4=O)c3)ncc2F)CC1(C)C.Cn1nnn(-c2cc(N)cc(OC3COC3)c2)c1=O. The molecule has 0 aliphatic carbocycles. The van der Waals surface area contributed by atoms with E-state index in [9.17, 15) is 14.0 Å². The number of aromatic nitrogens is 10. The van der Waals surface area contributed by atoms with Gasteiger partial charge in [0.2, 0.25) is 5.95 Å². The molecule has 5 aromatic rings. The predicted octanol–water partition coefficient (Wildman–Crippen LogP) is 1.81. The first-order valence-electron chi connectivity index (χ1n) is 18.4. The molecule has 0 spiro atoms. The summed E-state index contributed by atoms with van der Waals surface area (Å²) in [6.07, 6.45) is 2.76. The van der Waals surface area contributed by atoms with Crippen molar-refractivity contribution in [1.29, 1.82) is 0 Å². The van der Waals surface area contributed by atoms with Crippen LogP contribution in [0.3, 0.4) is 0 Å². The van der Waals surface area contributed by atoms with Gasteiger partial charge in [0.1, 0.15) is 23.7 Å². The molecule has 0 bridgehead atoms. The summed E-state index contributed by atoms with van der Waals surface area (Å²) in [6.45, 7) is 10.9. The number of nitrogens with zero attached hydrogens (tertiary/aromatic N) is 11. The normalized spacial score (nSPS) is 18.2. The molecule has 3 aliphatic heterocycles. The minimum absolute atomic E-state index is 0.0324. The van der Waals surface area contributed by atoms with Gasteiger partial charge in [0.25, 0.3) is 0 Å². The smallest absolute Gasteiger partial charge is 0.368 e. The van der Waals surface area contributed by atoms with Gasteiger partial charge in [-0.25, -0.2) is 19.0 Å². The van der Waals surface area contributed by atoms with Gasteiger partial charge >= 0.3 is 11.4 Å². The summed E-state index contributed by atoms with van der Waals surface area (Å²) < 4.78 is 41.3. The van der Waals surface area contributed by atoms with Crippen LogP contribution in [0.5, 0.6) is 11.5 Å². The van der Waals surface area contributed by atoms with Crippen molar-refractivity contribution in [2.45, 2.75) is 69.9 Å². The van der Waals surface area contributed by atoms with Crippen molar-refractivity contribution in [3.63, 3.8) is 0 Å². The molecule has 3 aromatic heterocycles. The number of hydrogen-bond acceptors (Lipinski definition) is 16. The van der Waals surface area contributed by atoms with E-state index in [0.29, 0.717) is 60.7 Å². The van der Waals surface area contributed by atoms with Crippen LogP contribution in [0.15, 0.2) is 52.2 Å². The summed E-state index contributed by atoms with van der Waals surface area (Å²) >= 11 is 0. The van der Waals surface area contributed by atoms with Crippen molar-refractivity contribution >= 4 is 23.1 Å². The molecule has 20 nitrogen and oxygen atoms in total. The van der Waals surface area contributed by atoms with E-state index in [4.69, 9.17) is 24.7 Å². The summed E-state index contributed by atoms with van der Waals surface area (Å²) in [5.41, 5.74) is 6.92. The number of nitrogen functional groups attached to an aromatic ring is 1. The highest BCUT2D eigenvalue weighted by Gasteiger charge is 2.43. The number of nitrogens with one attached hydrogen (secondary N) is 2. The zero-order chi connectivity index (χ0) is 40.6. The van der Waals surface area contributed by atoms with E-state index in [-0.39, 0.29) is 46.8 Å². The number of halogens is 1. The Labute approximate surface area is 326 Å². The summed E-state index contributed by atoms with van der Waals surface area (Å²) in [5, 5.41) is 21.5. The number of nitrogens with two attached hydrogens (primary N) is 1. The second kappa shape index (κ2) is 15.5. The van der Waals surface area contributed by atoms with Gasteiger partial charge in [0.05, 0.1) is 44.0 Å². The standard InChI is InChI=1S/C25H34FN9O3.C11H13N5O3/c1-24(2)10-16(11-25(3,4)34(24)6)28-21-20(26)12-27-22(30-21)29-15-7-17(35-23(36)33(5)31-32-35)9-18(8-15)38-19-13-37-14-19;1-15-11(17)16(14-13-15)8-2-7(12)3-9(4-8)19-10-5-18-6-10/h7-9,12,16,19H,10-11,13-14H2,1-6H3,(H2,27,28,29,30);2-4,10H,5-6,12H2,1H3. The first-order chi connectivity index (χ1) is 27.0. The predicted molar refractivity (Wildman–Crippen MR) is 206 cm³/mol. The van der Waals surface area contributed by atoms with Gasteiger partial charge in [-0.15, -0.1) is 0 Å². The van der Waals surface area contributed by atoms with E-state index in [1.54, 1.807) is 36.4 Å². The molecule has 3 aliphatic rings. The van der Waals surface area contributed by atoms with Gasteiger partial charge in [-0.1, -0.05) is 0 Å². The van der Waals surface area contributed by atoms with Crippen molar-refractivity contribution < 1.29 is 23.3 Å². The number of benzene rings is 2. The molecule has 4 N–H and O–H groups in total. The lowest BCUT2D eigenvalue weighted by Gasteiger charge is -2.53. The molecule has 0 radical (unpaired) electrons. The summed E-state index contributed by atoms with van der Waals surface area (Å²) in [4.78, 5) is 35.2. The number of hydrogen-bond donors (Lipinski definition) is 3. The number of likely N-dealkylation sites (tertiary alicyclic amines) is 1. The largest absolute Gasteiger partial charge is 0.485 e. The fourth-order valence-corrected chi connectivity index (χ4v) is 6.87. The fraction of sp³-hybridized carbons (Fsp3) is 0.500. The summed E-state index contributed by atoms with van der Waals surface area (Å²) in [5.74, 6) is 0.891. The van der Waals surface area contributed by atoms with Gasteiger partial charge < -0.3 is 35.3 Å². The molecule has 304 valence electrons. The number of anilines is 4. The number of ether oxygens (including phenoxy) is 4. The lowest BCUT2D eigenvalue weighted by atomic mass is 9.77. The third kappa shape index (κ3) is 8.74. The van der Waals surface area contributed by atoms with Crippen molar-refractivity contribution in [3.8, 4) is 22.9 Å². The van der Waals surface area contributed by atoms with Gasteiger partial charge in [-0.2, -0.15) is 23.7 Å². The molecule has 3 fully saturated rings. The number of tetrazole rings is 2. The van der Waals surface area contributed by atoms with E-state index in [2.05, 4.69) is 81.1 Å². The van der Waals surface area contributed by atoms with Gasteiger partial charge in [0, 0.05) is 66.9 Å². The molecule has 3 saturated heterocycles. The minimum atomic E-state index is -0.529. The zero-order valence-corrected chi connectivity index (χ0v) is 32.8. The molecule has 21 heteroatoms. The highest BCUT2D eigenvalue weighted by molar-refractivity contribution is 5.62. The Balaban J connectivity index is 0.000000218. The van der Waals surface area contributed by atoms with Crippen LogP contribution in [0.25, 0.3) is 11.4 Å². The first-order valence-corrected chi connectivity index (χ1v) is 18.4. The Morgan fingerprint density at radius 2 is 1.30 bits per heavy atom. The van der Waals surface area contributed by atoms with Crippen molar-refractivity contribution in [2.75, 3.05) is 49.8 Å². The maximum Gasteiger partial charge on any atom is 0.368 e. The number of aryl methyl sites for hydroxylation is 2. The Morgan fingerprint density at radius 1 is 0.772 bits per heavy atom. The molecular weight excluding hydrogens is 743 g/mol. The highest BCUT2D eigenvalue weighted by atomic mass is 19.1. The second-order valence-electron chi connectivity index (χ2n) is 15.6. The average Bonchev–Trinajstić information content (AvgIpc) is 3.63. The molecule has 0 amide bonds. The molecule has 2 aromatic carbocycles. The van der Waals surface area contributed by atoms with E-state index >= 15 is 0 Å². The minimum Gasteiger partial charge on any atom is -0.485 e. The summed E-state index contributed by atoms with van der Waals surface area (Å²) in [6, 6.07) is 10.2. The quantitative estimate of drug-likeness (QED) is 0.172. The van der Waals surface area contributed by atoms with E-state index in [1.807, 2.05) is 0 Å². The molecule has 8 rings (SSSR count). The Bertz CT molecular complexity index is 2330. The molecule has 0 unspecified atom stereocenters. The van der Waals surface area contributed by atoms with E-state index in [0.717, 1.165) is 33.1 Å². The van der Waals surface area contributed by atoms with Gasteiger partial charge in [-0.3, -0.25) is 4.90 Å². The van der Waals surface area contributed by atoms with Crippen LogP contribution in [-0.2, 0) is 23.6 Å². The fourth-order valence-electron chi connectivity index (χ4n) is 6.87. The Kier molecular flexibility index (Phi) is 10.7. The van der Waals surface area contributed by atoms with Crippen molar-refractivity contribution in [1.82, 2.24) is 54.4 Å². The number of piperidine rings is 1. The first kappa shape index (κ1) is 39.3. The number of rotatable bonds is 10. The van der Waals surface area contributed by atoms with Crippen LogP contribution in [0.4, 0.5) is 27.5 Å². The van der Waals surface area contributed by atoms with Crippen LogP contribution in [0.1, 0.15) is 40.5 Å². The Morgan fingerprint density at radius 3 is 1.79 bits per heavy atom. The monoisotopic (exact) mass is 790 g/mol. The van der Waals surface area contributed by atoms with Crippen LogP contribution in [-0.4, -0.2) is 117 Å². The van der Waals surface area contributed by atoms with Crippen molar-refractivity contribution in [3.05, 3.63) is 69.4 Å². The highest BCUT2D eigenvalue weighted by Crippen LogP contribution is 2.38. The Hall–Kier alpha value is -5.93. The third-order valence-corrected chi connectivity index (χ3v) is 10.2. The maximum atomic E-state index is 14.8. The van der Waals surface area contributed by atoms with Gasteiger partial charge in [-0.05, 0) is 80.6 Å². The topological polar surface area (TPSA) is 221 Å². The van der Waals surface area contributed by atoms with Crippen LogP contribution in [0.2, 0.25) is 0 Å². The average molecular weight is 791 g/mol. The summed E-state index contributed by atoms with van der Waals surface area (Å²) in [7, 11) is 5.18. The lowest BCUT2D eigenvalue weighted by Crippen LogP contribution is -2.61. The lowest BCUT2D eigenvalue weighted by molar-refractivity contribution is -0.0796. The zero-order valence-electron chi connectivity index (χ0n) is 32.8. The van der Waals surface area contributed by atoms with Crippen LogP contribution in [0, 0.1) is 5.82 Å². The molecule has 0 atom stereocenters. The molecule has 6 heterocycles. The second-order valence-corrected chi connectivity index (χ2v) is 15.6. The van der Waals surface area contributed by atoms with E-state index in [1.165, 1.54) is 18.8 Å². The molecule has 57 heavy (non-hydrogen) atoms. The maximum absolute atomic E-state index is 14.8. The van der Waals surface area contributed by atoms with E-state index < -0.39 is 11.5 Å². The van der Waals surface area contributed by atoms with Crippen LogP contribution < -0.4 is 37.2 Å². The van der Waals surface area contributed by atoms with Gasteiger partial charge in [0.15, 0.2) is 11.6 Å².